The maximum absolute atomic E-state index is 12.6. The number of nitrogens with one attached hydrogen (secondary N) is 1. The minimum atomic E-state index is -0.380. The van der Waals surface area contributed by atoms with Crippen LogP contribution >= 0.6 is 0 Å². The van der Waals surface area contributed by atoms with Crippen LogP contribution in [0.15, 0.2) is 0 Å². The first-order valence-corrected chi connectivity index (χ1v) is 8.03. The van der Waals surface area contributed by atoms with Crippen molar-refractivity contribution >= 4 is 11.8 Å². The van der Waals surface area contributed by atoms with Crippen LogP contribution in [0.25, 0.3) is 0 Å². The lowest BCUT2D eigenvalue weighted by molar-refractivity contribution is -0.136. The van der Waals surface area contributed by atoms with E-state index in [-0.39, 0.29) is 29.6 Å². The number of rotatable bonds is 4. The predicted molar refractivity (Wildman–Crippen MR) is 80.8 cm³/mol. The third kappa shape index (κ3) is 4.43. The molecule has 0 aromatic heterocycles. The zero-order chi connectivity index (χ0) is 15.6. The smallest absolute Gasteiger partial charge is 0.245 e. The molecule has 2 saturated heterocycles. The highest BCUT2D eigenvalue weighted by Crippen LogP contribution is 2.30. The van der Waals surface area contributed by atoms with Crippen molar-refractivity contribution in [3.63, 3.8) is 0 Å². The topological polar surface area (TPSA) is 58.6 Å². The van der Waals surface area contributed by atoms with Gasteiger partial charge in [0, 0.05) is 19.5 Å². The van der Waals surface area contributed by atoms with Gasteiger partial charge in [-0.25, -0.2) is 0 Å². The zero-order valence-electron chi connectivity index (χ0n) is 13.6. The third-order valence-corrected chi connectivity index (χ3v) is 4.24. The largest absolute Gasteiger partial charge is 0.371 e. The molecule has 0 aromatic rings. The van der Waals surface area contributed by atoms with Crippen molar-refractivity contribution in [2.24, 2.45) is 5.92 Å². The van der Waals surface area contributed by atoms with E-state index in [4.69, 9.17) is 4.74 Å². The van der Waals surface area contributed by atoms with E-state index in [1.807, 2.05) is 4.90 Å². The Labute approximate surface area is 127 Å². The monoisotopic (exact) mass is 296 g/mol. The summed E-state index contributed by atoms with van der Waals surface area (Å²) >= 11 is 0. The molecule has 0 radical (unpaired) electrons. The average molecular weight is 296 g/mol. The summed E-state index contributed by atoms with van der Waals surface area (Å²) in [4.78, 5) is 26.2. The van der Waals surface area contributed by atoms with E-state index in [1.165, 1.54) is 0 Å². The number of hydrogen-bond acceptors (Lipinski definition) is 3. The Hall–Kier alpha value is -1.10. The number of ether oxygens (including phenoxy) is 1. The summed E-state index contributed by atoms with van der Waals surface area (Å²) < 4.78 is 5.98. The van der Waals surface area contributed by atoms with Crippen molar-refractivity contribution in [1.82, 2.24) is 10.2 Å². The Balaban J connectivity index is 2.00. The van der Waals surface area contributed by atoms with Gasteiger partial charge in [-0.3, -0.25) is 9.59 Å². The minimum absolute atomic E-state index is 0.0239. The predicted octanol–water partition coefficient (Wildman–Crippen LogP) is 1.71. The minimum Gasteiger partial charge on any atom is -0.371 e. The van der Waals surface area contributed by atoms with E-state index in [1.54, 1.807) is 0 Å². The fourth-order valence-corrected chi connectivity index (χ4v) is 3.16. The summed E-state index contributed by atoms with van der Waals surface area (Å²) in [5, 5.41) is 2.86. The van der Waals surface area contributed by atoms with E-state index >= 15 is 0 Å². The number of carbonyl (C=O) groups is 2. The van der Waals surface area contributed by atoms with Gasteiger partial charge in [0.25, 0.3) is 0 Å². The first kappa shape index (κ1) is 16.3. The number of hydrogen-bond donors (Lipinski definition) is 1. The lowest BCUT2D eigenvalue weighted by Gasteiger charge is -2.28. The van der Waals surface area contributed by atoms with Gasteiger partial charge in [-0.05, 0) is 39.0 Å². The summed E-state index contributed by atoms with van der Waals surface area (Å²) in [7, 11) is 0. The molecule has 0 bridgehead atoms. The molecule has 2 amide bonds. The first-order chi connectivity index (χ1) is 9.77. The van der Waals surface area contributed by atoms with Crippen LogP contribution in [-0.2, 0) is 14.3 Å². The molecule has 2 rings (SSSR count). The second kappa shape index (κ2) is 6.34. The van der Waals surface area contributed by atoms with E-state index in [9.17, 15) is 9.59 Å². The Morgan fingerprint density at radius 1 is 1.38 bits per heavy atom. The molecule has 2 aliphatic heterocycles. The molecule has 5 nitrogen and oxygen atoms in total. The second-order valence-corrected chi connectivity index (χ2v) is 7.32. The van der Waals surface area contributed by atoms with E-state index in [0.717, 1.165) is 12.8 Å². The van der Waals surface area contributed by atoms with Gasteiger partial charge >= 0.3 is 0 Å². The van der Waals surface area contributed by atoms with Crippen LogP contribution in [-0.4, -0.2) is 47.6 Å². The van der Waals surface area contributed by atoms with Crippen molar-refractivity contribution in [2.45, 2.75) is 71.1 Å². The third-order valence-electron chi connectivity index (χ3n) is 4.24. The molecule has 1 N–H and O–H groups in total. The Morgan fingerprint density at radius 2 is 2.10 bits per heavy atom. The number of carbonyl (C=O) groups excluding carboxylic acids is 2. The highest BCUT2D eigenvalue weighted by atomic mass is 16.5. The molecular weight excluding hydrogens is 268 g/mol. The van der Waals surface area contributed by atoms with Crippen molar-refractivity contribution in [3.8, 4) is 0 Å². The van der Waals surface area contributed by atoms with Gasteiger partial charge in [-0.2, -0.15) is 0 Å². The van der Waals surface area contributed by atoms with Crippen molar-refractivity contribution < 1.29 is 14.3 Å². The van der Waals surface area contributed by atoms with E-state index in [2.05, 4.69) is 33.0 Å². The van der Waals surface area contributed by atoms with Crippen LogP contribution in [0.4, 0.5) is 0 Å². The Bertz CT molecular complexity index is 406. The van der Waals surface area contributed by atoms with Crippen LogP contribution < -0.4 is 5.32 Å². The first-order valence-electron chi connectivity index (χ1n) is 8.03. The fraction of sp³-hybridized carbons (Fsp3) is 0.875. The van der Waals surface area contributed by atoms with E-state index < -0.39 is 0 Å². The van der Waals surface area contributed by atoms with Crippen LogP contribution in [0.2, 0.25) is 0 Å². The average Bonchev–Trinajstić information content (AvgIpc) is 2.65. The summed E-state index contributed by atoms with van der Waals surface area (Å²) in [6, 6.07) is -0.380. The molecule has 0 saturated carbocycles. The van der Waals surface area contributed by atoms with Gasteiger partial charge < -0.3 is 15.0 Å². The Morgan fingerprint density at radius 3 is 2.67 bits per heavy atom. The molecule has 2 unspecified atom stereocenters. The van der Waals surface area contributed by atoms with Crippen LogP contribution in [0.3, 0.4) is 0 Å². The summed E-state index contributed by atoms with van der Waals surface area (Å²) in [6.07, 6.45) is 3.17. The van der Waals surface area contributed by atoms with Gasteiger partial charge in [0.2, 0.25) is 11.8 Å². The Kier molecular flexibility index (Phi) is 4.91. The summed E-state index contributed by atoms with van der Waals surface area (Å²) in [5.74, 6) is 0.396. The van der Waals surface area contributed by atoms with Gasteiger partial charge in [0.05, 0.1) is 11.7 Å². The molecule has 2 aliphatic rings. The quantitative estimate of drug-likeness (QED) is 0.859. The maximum atomic E-state index is 12.6. The van der Waals surface area contributed by atoms with Gasteiger partial charge in [0.15, 0.2) is 0 Å². The summed E-state index contributed by atoms with van der Waals surface area (Å²) in [5.41, 5.74) is -0.0923. The molecule has 5 heteroatoms. The molecule has 0 spiro atoms. The van der Waals surface area contributed by atoms with Crippen LogP contribution in [0.1, 0.15) is 53.4 Å². The molecule has 2 atom stereocenters. The van der Waals surface area contributed by atoms with Crippen LogP contribution in [0.5, 0.6) is 0 Å². The maximum Gasteiger partial charge on any atom is 0.245 e. The molecular formula is C16H28N2O3. The molecule has 0 aliphatic carbocycles. The number of amides is 2. The lowest BCUT2D eigenvalue weighted by Crippen LogP contribution is -2.47. The zero-order valence-corrected chi connectivity index (χ0v) is 13.6. The SMILES string of the molecule is CC(C)CC1NC(=O)CCN(CC2CCC(C)(C)O2)C1=O. The van der Waals surface area contributed by atoms with Crippen LogP contribution in [0, 0.1) is 5.92 Å². The van der Waals surface area contributed by atoms with Crippen molar-refractivity contribution in [1.29, 1.82) is 0 Å². The highest BCUT2D eigenvalue weighted by molar-refractivity contribution is 5.89. The van der Waals surface area contributed by atoms with Gasteiger partial charge in [-0.15, -0.1) is 0 Å². The standard InChI is InChI=1S/C16H28N2O3/c1-11(2)9-13-15(20)18(8-6-14(19)17-13)10-12-5-7-16(3,4)21-12/h11-13H,5-10H2,1-4H3,(H,17,19). The fourth-order valence-electron chi connectivity index (χ4n) is 3.16. The molecule has 0 aromatic carbocycles. The van der Waals surface area contributed by atoms with Gasteiger partial charge in [-0.1, -0.05) is 13.8 Å². The lowest BCUT2D eigenvalue weighted by atomic mass is 10.0. The number of nitrogens with zero attached hydrogens (tertiary/aromatic N) is 1. The molecule has 2 fully saturated rings. The molecule has 21 heavy (non-hydrogen) atoms. The normalized spacial score (nSPS) is 29.7. The molecule has 120 valence electrons. The van der Waals surface area contributed by atoms with Crippen molar-refractivity contribution in [2.75, 3.05) is 13.1 Å². The summed E-state index contributed by atoms with van der Waals surface area (Å²) in [6.45, 7) is 9.41. The molecule has 2 heterocycles. The van der Waals surface area contributed by atoms with Crippen molar-refractivity contribution in [3.05, 3.63) is 0 Å². The van der Waals surface area contributed by atoms with E-state index in [0.29, 0.717) is 31.8 Å². The second-order valence-electron chi connectivity index (χ2n) is 7.32. The highest BCUT2D eigenvalue weighted by Gasteiger charge is 2.36. The van der Waals surface area contributed by atoms with Gasteiger partial charge in [0.1, 0.15) is 6.04 Å².